The van der Waals surface area contributed by atoms with Gasteiger partial charge < -0.3 is 0 Å². The maximum atomic E-state index is 12.2. The number of hydrogen-bond donors (Lipinski definition) is 2. The third-order valence-corrected chi connectivity index (χ3v) is 4.61. The predicted molar refractivity (Wildman–Crippen MR) is 97.4 cm³/mol. The van der Waals surface area contributed by atoms with Crippen molar-refractivity contribution in [3.05, 3.63) is 63.8 Å². The van der Waals surface area contributed by atoms with Gasteiger partial charge in [0, 0.05) is 21.3 Å². The van der Waals surface area contributed by atoms with Crippen molar-refractivity contribution in [2.75, 3.05) is 5.43 Å². The van der Waals surface area contributed by atoms with Crippen LogP contribution in [-0.4, -0.2) is 15.9 Å². The highest BCUT2D eigenvalue weighted by Crippen LogP contribution is 2.28. The van der Waals surface area contributed by atoms with Crippen molar-refractivity contribution in [2.45, 2.75) is 13.8 Å². The Morgan fingerprint density at radius 1 is 1.04 bits per heavy atom. The summed E-state index contributed by atoms with van der Waals surface area (Å²) in [5, 5.41) is 0.686. The fourth-order valence-electron chi connectivity index (χ4n) is 2.19. The molecule has 1 amide bonds. The van der Waals surface area contributed by atoms with Gasteiger partial charge in [-0.05, 0) is 49.7 Å². The van der Waals surface area contributed by atoms with Crippen LogP contribution in [0.15, 0.2) is 42.5 Å². The van der Waals surface area contributed by atoms with Gasteiger partial charge in [-0.25, -0.2) is 9.97 Å². The second-order valence-corrected chi connectivity index (χ2v) is 6.74. The van der Waals surface area contributed by atoms with Crippen molar-refractivity contribution in [3.63, 3.8) is 0 Å². The number of carbonyl (C=O) groups is 1. The summed E-state index contributed by atoms with van der Waals surface area (Å²) in [5.74, 6) is 0.137. The van der Waals surface area contributed by atoms with E-state index < -0.39 is 0 Å². The molecule has 0 atom stereocenters. The van der Waals surface area contributed by atoms with Crippen molar-refractivity contribution in [1.29, 1.82) is 0 Å². The zero-order valence-corrected chi connectivity index (χ0v) is 14.7. The Labute approximate surface area is 148 Å². The Morgan fingerprint density at radius 2 is 1.71 bits per heavy atom. The molecule has 2 heterocycles. The summed E-state index contributed by atoms with van der Waals surface area (Å²) >= 11 is 7.30. The zero-order chi connectivity index (χ0) is 17.1. The van der Waals surface area contributed by atoms with Gasteiger partial charge in [-0.3, -0.25) is 15.6 Å². The largest absolute Gasteiger partial charge is 0.279 e. The van der Waals surface area contributed by atoms with Crippen LogP contribution in [0.3, 0.4) is 0 Å². The van der Waals surface area contributed by atoms with Gasteiger partial charge in [0.05, 0.1) is 4.88 Å². The fraction of sp³-hybridized carbons (Fsp3) is 0.118. The Morgan fingerprint density at radius 3 is 2.38 bits per heavy atom. The number of anilines is 1. The van der Waals surface area contributed by atoms with E-state index in [0.717, 1.165) is 21.8 Å². The van der Waals surface area contributed by atoms with Crippen LogP contribution in [0.4, 0.5) is 5.95 Å². The van der Waals surface area contributed by atoms with Crippen LogP contribution in [0, 0.1) is 13.8 Å². The van der Waals surface area contributed by atoms with E-state index in [1.165, 1.54) is 11.3 Å². The van der Waals surface area contributed by atoms with Gasteiger partial charge in [0.1, 0.15) is 0 Å². The van der Waals surface area contributed by atoms with E-state index in [1.807, 2.05) is 50.2 Å². The summed E-state index contributed by atoms with van der Waals surface area (Å²) in [6.07, 6.45) is 0. The minimum atomic E-state index is -0.233. The van der Waals surface area contributed by atoms with Crippen LogP contribution in [0.5, 0.6) is 0 Å². The number of benzene rings is 1. The van der Waals surface area contributed by atoms with E-state index in [1.54, 1.807) is 6.07 Å². The van der Waals surface area contributed by atoms with Gasteiger partial charge in [-0.1, -0.05) is 23.7 Å². The molecule has 0 radical (unpaired) electrons. The molecule has 0 saturated carbocycles. The number of aryl methyl sites for hydroxylation is 2. The van der Waals surface area contributed by atoms with Crippen LogP contribution in [0.25, 0.3) is 10.4 Å². The van der Waals surface area contributed by atoms with Gasteiger partial charge >= 0.3 is 0 Å². The molecule has 0 fully saturated rings. The van der Waals surface area contributed by atoms with E-state index in [2.05, 4.69) is 20.8 Å². The van der Waals surface area contributed by atoms with Crippen molar-refractivity contribution in [1.82, 2.24) is 15.4 Å². The van der Waals surface area contributed by atoms with Gasteiger partial charge in [-0.2, -0.15) is 0 Å². The molecule has 3 rings (SSSR count). The molecule has 0 bridgehead atoms. The minimum Gasteiger partial charge on any atom is -0.266 e. The summed E-state index contributed by atoms with van der Waals surface area (Å²) in [4.78, 5) is 22.3. The van der Waals surface area contributed by atoms with Gasteiger partial charge in [0.15, 0.2) is 0 Å². The molecule has 0 aliphatic carbocycles. The zero-order valence-electron chi connectivity index (χ0n) is 13.1. The molecular formula is C17H15ClN4OS. The van der Waals surface area contributed by atoms with Crippen LogP contribution in [-0.2, 0) is 0 Å². The second-order valence-electron chi connectivity index (χ2n) is 5.22. The molecule has 0 aliphatic heterocycles. The van der Waals surface area contributed by atoms with Gasteiger partial charge in [-0.15, -0.1) is 11.3 Å². The van der Waals surface area contributed by atoms with E-state index in [4.69, 9.17) is 11.6 Å². The summed E-state index contributed by atoms with van der Waals surface area (Å²) in [6, 6.07) is 13.1. The van der Waals surface area contributed by atoms with Crippen LogP contribution in [0.1, 0.15) is 21.1 Å². The lowest BCUT2D eigenvalue weighted by Crippen LogP contribution is -2.29. The van der Waals surface area contributed by atoms with E-state index in [-0.39, 0.29) is 5.91 Å². The number of thiophene rings is 1. The fourth-order valence-corrected chi connectivity index (χ4v) is 3.22. The highest BCUT2D eigenvalue weighted by Gasteiger charge is 2.11. The van der Waals surface area contributed by atoms with Crippen molar-refractivity contribution < 1.29 is 4.79 Å². The summed E-state index contributed by atoms with van der Waals surface area (Å²) in [6.45, 7) is 3.75. The lowest BCUT2D eigenvalue weighted by Gasteiger charge is -2.07. The standard InChI is InChI=1S/C17H15ClN4OS/c1-10-9-11(2)20-17(19-10)22-21-16(23)15-8-7-14(24-15)12-3-5-13(18)6-4-12/h3-9H,1-2H3,(H,21,23)(H,19,20,22). The first-order valence-electron chi connectivity index (χ1n) is 7.26. The Kier molecular flexibility index (Phi) is 4.78. The van der Waals surface area contributed by atoms with Gasteiger partial charge in [0.2, 0.25) is 5.95 Å². The first kappa shape index (κ1) is 16.4. The molecule has 0 saturated heterocycles. The molecule has 5 nitrogen and oxygen atoms in total. The Bertz CT molecular complexity index is 856. The number of aromatic nitrogens is 2. The molecule has 0 aliphatic rings. The van der Waals surface area contributed by atoms with Crippen molar-refractivity contribution in [3.8, 4) is 10.4 Å². The Hall–Kier alpha value is -2.44. The average Bonchev–Trinajstić information content (AvgIpc) is 3.02. The first-order chi connectivity index (χ1) is 11.5. The topological polar surface area (TPSA) is 66.9 Å². The van der Waals surface area contributed by atoms with Crippen LogP contribution in [0.2, 0.25) is 5.02 Å². The molecule has 3 aromatic rings. The number of hydrogen-bond acceptors (Lipinski definition) is 5. The molecule has 1 aromatic carbocycles. The number of amides is 1. The number of nitrogens with one attached hydrogen (secondary N) is 2. The average molecular weight is 359 g/mol. The molecule has 0 unspecified atom stereocenters. The lowest BCUT2D eigenvalue weighted by molar-refractivity contribution is 0.0966. The summed E-state index contributed by atoms with van der Waals surface area (Å²) < 4.78 is 0. The predicted octanol–water partition coefficient (Wildman–Crippen LogP) is 4.23. The number of rotatable bonds is 4. The SMILES string of the molecule is Cc1cc(C)nc(NNC(=O)c2ccc(-c3ccc(Cl)cc3)s2)n1. The monoisotopic (exact) mass is 358 g/mol. The van der Waals surface area contributed by atoms with Crippen molar-refractivity contribution in [2.24, 2.45) is 0 Å². The smallest absolute Gasteiger partial charge is 0.266 e. The molecule has 2 aromatic heterocycles. The highest BCUT2D eigenvalue weighted by molar-refractivity contribution is 7.17. The van der Waals surface area contributed by atoms with Crippen LogP contribution < -0.4 is 10.9 Å². The third-order valence-electron chi connectivity index (χ3n) is 3.23. The third kappa shape index (κ3) is 3.90. The summed E-state index contributed by atoms with van der Waals surface area (Å²) in [7, 11) is 0. The number of nitrogens with zero attached hydrogens (tertiary/aromatic N) is 2. The number of hydrazine groups is 1. The van der Waals surface area contributed by atoms with Crippen LogP contribution >= 0.6 is 22.9 Å². The maximum Gasteiger partial charge on any atom is 0.279 e. The number of carbonyl (C=O) groups excluding carboxylic acids is 1. The quantitative estimate of drug-likeness (QED) is 0.685. The molecule has 122 valence electrons. The van der Waals surface area contributed by atoms with E-state index in [9.17, 15) is 4.79 Å². The highest BCUT2D eigenvalue weighted by atomic mass is 35.5. The first-order valence-corrected chi connectivity index (χ1v) is 8.45. The summed E-state index contributed by atoms with van der Waals surface area (Å²) in [5.41, 5.74) is 8.06. The van der Waals surface area contributed by atoms with Crippen molar-refractivity contribution >= 4 is 34.8 Å². The van der Waals surface area contributed by atoms with Gasteiger partial charge in [0.25, 0.3) is 5.91 Å². The van der Waals surface area contributed by atoms with E-state index >= 15 is 0 Å². The molecule has 0 spiro atoms. The second kappa shape index (κ2) is 6.98. The normalized spacial score (nSPS) is 10.5. The minimum absolute atomic E-state index is 0.233. The molecule has 24 heavy (non-hydrogen) atoms. The maximum absolute atomic E-state index is 12.2. The molecular weight excluding hydrogens is 344 g/mol. The van der Waals surface area contributed by atoms with E-state index in [0.29, 0.717) is 15.8 Å². The lowest BCUT2D eigenvalue weighted by atomic mass is 10.2. The molecule has 7 heteroatoms. The Balaban J connectivity index is 1.68. The number of halogens is 1. The molecule has 2 N–H and O–H groups in total.